The minimum absolute atomic E-state index is 0.0904. The summed E-state index contributed by atoms with van der Waals surface area (Å²) in [7, 11) is 0. The number of hydrogen-bond acceptors (Lipinski definition) is 4. The van der Waals surface area contributed by atoms with Gasteiger partial charge in [0.25, 0.3) is 0 Å². The van der Waals surface area contributed by atoms with Gasteiger partial charge in [0.1, 0.15) is 5.82 Å². The van der Waals surface area contributed by atoms with E-state index in [-0.39, 0.29) is 17.7 Å². The maximum absolute atomic E-state index is 12.3. The number of nitrogens with one attached hydrogen (secondary N) is 1. The van der Waals surface area contributed by atoms with Gasteiger partial charge < -0.3 is 10.4 Å². The summed E-state index contributed by atoms with van der Waals surface area (Å²) in [5.74, 6) is -0.582. The highest BCUT2D eigenvalue weighted by atomic mass is 19.4. The SMILES string of the molecule is CC(C)(CCNc1ccc(C(F)(F)F)nn1)CCC(=O)O. The maximum Gasteiger partial charge on any atom is 0.435 e. The lowest BCUT2D eigenvalue weighted by molar-refractivity contribution is -0.141. The highest BCUT2D eigenvalue weighted by Gasteiger charge is 2.32. The van der Waals surface area contributed by atoms with Crippen LogP contribution in [0.5, 0.6) is 0 Å². The third-order valence-corrected chi connectivity index (χ3v) is 3.08. The fourth-order valence-corrected chi connectivity index (χ4v) is 1.68. The normalized spacial score (nSPS) is 12.2. The van der Waals surface area contributed by atoms with Crippen molar-refractivity contribution in [1.29, 1.82) is 0 Å². The van der Waals surface area contributed by atoms with E-state index in [9.17, 15) is 18.0 Å². The Kier molecular flexibility index (Phi) is 5.51. The zero-order chi connectivity index (χ0) is 16.1. The van der Waals surface area contributed by atoms with Crippen LogP contribution in [0.2, 0.25) is 0 Å². The molecule has 0 radical (unpaired) electrons. The fraction of sp³-hybridized carbons (Fsp3) is 0.615. The Balaban J connectivity index is 2.43. The average molecular weight is 305 g/mol. The fourth-order valence-electron chi connectivity index (χ4n) is 1.68. The minimum atomic E-state index is -4.50. The van der Waals surface area contributed by atoms with Crippen LogP contribution in [0.4, 0.5) is 19.0 Å². The van der Waals surface area contributed by atoms with Crippen molar-refractivity contribution in [2.45, 2.75) is 39.3 Å². The summed E-state index contributed by atoms with van der Waals surface area (Å²) < 4.78 is 36.9. The molecule has 0 atom stereocenters. The van der Waals surface area contributed by atoms with Crippen LogP contribution in [0, 0.1) is 5.41 Å². The second-order valence-electron chi connectivity index (χ2n) is 5.54. The highest BCUT2D eigenvalue weighted by Crippen LogP contribution is 2.28. The van der Waals surface area contributed by atoms with Gasteiger partial charge in [-0.05, 0) is 30.4 Å². The van der Waals surface area contributed by atoms with E-state index in [1.54, 1.807) is 0 Å². The van der Waals surface area contributed by atoms with E-state index in [0.29, 0.717) is 19.4 Å². The first kappa shape index (κ1) is 17.2. The Bertz CT molecular complexity index is 473. The molecule has 1 aromatic rings. The number of halogens is 3. The number of hydrogen-bond donors (Lipinski definition) is 2. The number of rotatable bonds is 7. The smallest absolute Gasteiger partial charge is 0.435 e. The molecule has 5 nitrogen and oxygen atoms in total. The van der Waals surface area contributed by atoms with Gasteiger partial charge in [-0.1, -0.05) is 13.8 Å². The van der Waals surface area contributed by atoms with Gasteiger partial charge in [0.15, 0.2) is 5.69 Å². The van der Waals surface area contributed by atoms with Gasteiger partial charge in [-0.3, -0.25) is 4.79 Å². The lowest BCUT2D eigenvalue weighted by Gasteiger charge is -2.23. The molecule has 0 amide bonds. The second kappa shape index (κ2) is 6.73. The Morgan fingerprint density at radius 1 is 1.24 bits per heavy atom. The number of aromatic nitrogens is 2. The molecular weight excluding hydrogens is 287 g/mol. The van der Waals surface area contributed by atoms with E-state index in [2.05, 4.69) is 15.5 Å². The zero-order valence-electron chi connectivity index (χ0n) is 11.9. The van der Waals surface area contributed by atoms with E-state index in [4.69, 9.17) is 5.11 Å². The van der Waals surface area contributed by atoms with Crippen molar-refractivity contribution in [3.63, 3.8) is 0 Å². The third-order valence-electron chi connectivity index (χ3n) is 3.08. The van der Waals surface area contributed by atoms with Crippen LogP contribution in [-0.4, -0.2) is 27.8 Å². The molecule has 0 spiro atoms. The summed E-state index contributed by atoms with van der Waals surface area (Å²) in [6.07, 6.45) is -3.21. The minimum Gasteiger partial charge on any atom is -0.481 e. The highest BCUT2D eigenvalue weighted by molar-refractivity contribution is 5.66. The van der Waals surface area contributed by atoms with Gasteiger partial charge in [0.05, 0.1) is 0 Å². The molecule has 0 aliphatic carbocycles. The van der Waals surface area contributed by atoms with Gasteiger partial charge in [-0.15, -0.1) is 10.2 Å². The molecule has 0 aromatic carbocycles. The maximum atomic E-state index is 12.3. The van der Waals surface area contributed by atoms with Crippen LogP contribution in [0.25, 0.3) is 0 Å². The average Bonchev–Trinajstić information content (AvgIpc) is 2.36. The molecule has 21 heavy (non-hydrogen) atoms. The number of carbonyl (C=O) groups is 1. The van der Waals surface area contributed by atoms with Gasteiger partial charge in [0, 0.05) is 13.0 Å². The lowest BCUT2D eigenvalue weighted by atomic mass is 9.84. The molecule has 0 aliphatic heterocycles. The summed E-state index contributed by atoms with van der Waals surface area (Å²) in [5, 5.41) is 18.1. The lowest BCUT2D eigenvalue weighted by Crippen LogP contribution is -2.19. The summed E-state index contributed by atoms with van der Waals surface area (Å²) >= 11 is 0. The van der Waals surface area contributed by atoms with Crippen LogP contribution in [0.3, 0.4) is 0 Å². The predicted molar refractivity (Wildman–Crippen MR) is 70.8 cm³/mol. The Hall–Kier alpha value is -1.86. The number of carboxylic acids is 1. The van der Waals surface area contributed by atoms with Crippen LogP contribution < -0.4 is 5.32 Å². The molecule has 0 saturated heterocycles. The molecule has 2 N–H and O–H groups in total. The monoisotopic (exact) mass is 305 g/mol. The topological polar surface area (TPSA) is 75.1 Å². The van der Waals surface area contributed by atoms with Gasteiger partial charge >= 0.3 is 12.1 Å². The molecule has 1 aromatic heterocycles. The van der Waals surface area contributed by atoms with Gasteiger partial charge in [0.2, 0.25) is 0 Å². The van der Waals surface area contributed by atoms with E-state index in [1.807, 2.05) is 13.8 Å². The molecule has 0 saturated carbocycles. The van der Waals surface area contributed by atoms with Crippen molar-refractivity contribution in [2.75, 3.05) is 11.9 Å². The van der Waals surface area contributed by atoms with Crippen molar-refractivity contribution >= 4 is 11.8 Å². The van der Waals surface area contributed by atoms with Crippen molar-refractivity contribution < 1.29 is 23.1 Å². The number of nitrogens with zero attached hydrogens (tertiary/aromatic N) is 2. The van der Waals surface area contributed by atoms with E-state index >= 15 is 0 Å². The van der Waals surface area contributed by atoms with Crippen molar-refractivity contribution in [2.24, 2.45) is 5.41 Å². The molecule has 0 unspecified atom stereocenters. The van der Waals surface area contributed by atoms with Crippen LogP contribution in [-0.2, 0) is 11.0 Å². The first-order valence-electron chi connectivity index (χ1n) is 6.47. The number of carboxylic acid groups (broad SMARTS) is 1. The predicted octanol–water partition coefficient (Wildman–Crippen LogP) is 3.19. The summed E-state index contributed by atoms with van der Waals surface area (Å²) in [5.41, 5.74) is -1.21. The van der Waals surface area contributed by atoms with Crippen molar-refractivity contribution in [3.05, 3.63) is 17.8 Å². The van der Waals surface area contributed by atoms with Gasteiger partial charge in [-0.2, -0.15) is 13.2 Å². The van der Waals surface area contributed by atoms with Crippen LogP contribution >= 0.6 is 0 Å². The summed E-state index contributed by atoms with van der Waals surface area (Å²) in [4.78, 5) is 10.5. The molecule has 8 heteroatoms. The molecule has 118 valence electrons. The largest absolute Gasteiger partial charge is 0.481 e. The van der Waals surface area contributed by atoms with Crippen LogP contribution in [0.1, 0.15) is 38.8 Å². The van der Waals surface area contributed by atoms with Crippen molar-refractivity contribution in [1.82, 2.24) is 10.2 Å². The summed E-state index contributed by atoms with van der Waals surface area (Å²) in [6.45, 7) is 4.36. The quantitative estimate of drug-likeness (QED) is 0.809. The first-order chi connectivity index (χ1) is 9.60. The molecule has 0 aliphatic rings. The Morgan fingerprint density at radius 3 is 2.38 bits per heavy atom. The molecule has 1 heterocycles. The van der Waals surface area contributed by atoms with Gasteiger partial charge in [-0.25, -0.2) is 0 Å². The number of aliphatic carboxylic acids is 1. The van der Waals surface area contributed by atoms with E-state index in [1.165, 1.54) is 6.07 Å². The zero-order valence-corrected chi connectivity index (χ0v) is 11.9. The van der Waals surface area contributed by atoms with E-state index in [0.717, 1.165) is 6.07 Å². The molecule has 0 fully saturated rings. The number of alkyl halides is 3. The molecule has 1 rings (SSSR count). The first-order valence-corrected chi connectivity index (χ1v) is 6.47. The molecule has 0 bridgehead atoms. The standard InChI is InChI=1S/C13H18F3N3O2/c1-12(2,6-5-11(20)21)7-8-17-10-4-3-9(18-19-10)13(14,15)16/h3-4H,5-8H2,1-2H3,(H,17,19)(H,20,21). The third kappa shape index (κ3) is 6.42. The van der Waals surface area contributed by atoms with Crippen molar-refractivity contribution in [3.8, 4) is 0 Å². The van der Waals surface area contributed by atoms with E-state index < -0.39 is 17.8 Å². The van der Waals surface area contributed by atoms with Crippen LogP contribution in [0.15, 0.2) is 12.1 Å². The Morgan fingerprint density at radius 2 is 1.90 bits per heavy atom. The number of anilines is 1. The molecular formula is C13H18F3N3O2. The summed E-state index contributed by atoms with van der Waals surface area (Å²) in [6, 6.07) is 2.09. The Labute approximate surface area is 120 Å². The second-order valence-corrected chi connectivity index (χ2v) is 5.54.